The molecule has 1 fully saturated rings. The lowest BCUT2D eigenvalue weighted by Gasteiger charge is -2.29. The van der Waals surface area contributed by atoms with E-state index in [0.717, 1.165) is 13.0 Å². The summed E-state index contributed by atoms with van der Waals surface area (Å²) in [6.45, 7) is 6.34. The number of carbonyl (C=O) groups is 1. The molecule has 1 saturated heterocycles. The Labute approximate surface area is 115 Å². The van der Waals surface area contributed by atoms with Gasteiger partial charge in [0.25, 0.3) is 0 Å². The lowest BCUT2D eigenvalue weighted by Crippen LogP contribution is -2.41. The fourth-order valence-electron chi connectivity index (χ4n) is 2.44. The van der Waals surface area contributed by atoms with E-state index in [2.05, 4.69) is 18.7 Å². The van der Waals surface area contributed by atoms with Gasteiger partial charge >= 0.3 is 5.97 Å². The van der Waals surface area contributed by atoms with Crippen molar-refractivity contribution in [3.05, 3.63) is 0 Å². The molecule has 1 aliphatic rings. The second-order valence-corrected chi connectivity index (χ2v) is 8.02. The zero-order chi connectivity index (χ0) is 14.5. The number of rotatable bonds is 7. The molecule has 0 saturated carbocycles. The Balaban J connectivity index is 2.34. The van der Waals surface area contributed by atoms with E-state index in [1.165, 1.54) is 0 Å². The number of sulfone groups is 1. The van der Waals surface area contributed by atoms with Crippen LogP contribution < -0.4 is 0 Å². The van der Waals surface area contributed by atoms with Crippen molar-refractivity contribution < 1.29 is 18.3 Å². The molecule has 5 nitrogen and oxygen atoms in total. The summed E-state index contributed by atoms with van der Waals surface area (Å²) < 4.78 is 22.7. The van der Waals surface area contributed by atoms with Crippen molar-refractivity contribution in [1.82, 2.24) is 4.90 Å². The maximum absolute atomic E-state index is 11.3. The Morgan fingerprint density at radius 3 is 2.26 bits per heavy atom. The topological polar surface area (TPSA) is 74.7 Å². The summed E-state index contributed by atoms with van der Waals surface area (Å²) in [5.74, 6) is 0.639. The Hall–Kier alpha value is -0.620. The van der Waals surface area contributed by atoms with Crippen LogP contribution in [0.25, 0.3) is 0 Å². The summed E-state index contributed by atoms with van der Waals surface area (Å²) >= 11 is 0. The normalized spacial score (nSPS) is 21.4. The monoisotopic (exact) mass is 291 g/mol. The third-order valence-corrected chi connectivity index (χ3v) is 5.53. The Morgan fingerprint density at radius 1 is 1.21 bits per heavy atom. The smallest absolute Gasteiger partial charge is 0.303 e. The predicted octanol–water partition coefficient (Wildman–Crippen LogP) is 1.24. The molecule has 0 spiro atoms. The fourth-order valence-corrected chi connectivity index (χ4v) is 3.72. The van der Waals surface area contributed by atoms with Crippen molar-refractivity contribution in [3.63, 3.8) is 0 Å². The van der Waals surface area contributed by atoms with E-state index in [4.69, 9.17) is 5.11 Å². The standard InChI is InChI=1S/C13H25NO4S/c1-11(2)12(3-4-13(15)16)5-6-14-7-9-19(17,18)10-8-14/h11-12H,3-10H2,1-2H3,(H,15,16). The van der Waals surface area contributed by atoms with Crippen LogP contribution in [0.1, 0.15) is 33.1 Å². The number of carboxylic acids is 1. The summed E-state index contributed by atoms with van der Waals surface area (Å²) in [7, 11) is -2.81. The molecule has 1 atom stereocenters. The van der Waals surface area contributed by atoms with Crippen molar-refractivity contribution in [1.29, 1.82) is 0 Å². The highest BCUT2D eigenvalue weighted by molar-refractivity contribution is 7.91. The number of nitrogens with zero attached hydrogens (tertiary/aromatic N) is 1. The Kier molecular flexibility index (Phi) is 6.26. The molecule has 19 heavy (non-hydrogen) atoms. The van der Waals surface area contributed by atoms with Gasteiger partial charge in [0.05, 0.1) is 11.5 Å². The first-order valence-corrected chi connectivity index (χ1v) is 8.77. The minimum absolute atomic E-state index is 0.219. The molecule has 0 aromatic carbocycles. The molecule has 1 N–H and O–H groups in total. The van der Waals surface area contributed by atoms with Crippen LogP contribution in [0, 0.1) is 11.8 Å². The summed E-state index contributed by atoms with van der Waals surface area (Å²) in [4.78, 5) is 12.8. The first-order chi connectivity index (χ1) is 8.80. The SMILES string of the molecule is CC(C)C(CCC(=O)O)CCN1CCS(=O)(=O)CC1. The van der Waals surface area contributed by atoms with Gasteiger partial charge in [0, 0.05) is 19.5 Å². The second kappa shape index (κ2) is 7.24. The number of carboxylic acid groups (broad SMARTS) is 1. The third-order valence-electron chi connectivity index (χ3n) is 3.92. The van der Waals surface area contributed by atoms with Crippen LogP contribution in [0.15, 0.2) is 0 Å². The van der Waals surface area contributed by atoms with Crippen molar-refractivity contribution in [3.8, 4) is 0 Å². The molecule has 112 valence electrons. The van der Waals surface area contributed by atoms with Crippen LogP contribution in [0.3, 0.4) is 0 Å². The van der Waals surface area contributed by atoms with Crippen LogP contribution in [0.2, 0.25) is 0 Å². The van der Waals surface area contributed by atoms with Gasteiger partial charge in [0.1, 0.15) is 0 Å². The minimum Gasteiger partial charge on any atom is -0.481 e. The van der Waals surface area contributed by atoms with Gasteiger partial charge in [-0.15, -0.1) is 0 Å². The van der Waals surface area contributed by atoms with Gasteiger partial charge < -0.3 is 10.0 Å². The van der Waals surface area contributed by atoms with E-state index < -0.39 is 15.8 Å². The van der Waals surface area contributed by atoms with Crippen LogP contribution in [-0.2, 0) is 14.6 Å². The first kappa shape index (κ1) is 16.4. The molecule has 0 aliphatic carbocycles. The largest absolute Gasteiger partial charge is 0.481 e. The average Bonchev–Trinajstić information content (AvgIpc) is 2.30. The molecular weight excluding hydrogens is 266 g/mol. The van der Waals surface area contributed by atoms with Gasteiger partial charge in [-0.3, -0.25) is 4.79 Å². The van der Waals surface area contributed by atoms with Crippen LogP contribution in [0.5, 0.6) is 0 Å². The Morgan fingerprint density at radius 2 is 1.79 bits per heavy atom. The van der Waals surface area contributed by atoms with E-state index >= 15 is 0 Å². The molecule has 1 aliphatic heterocycles. The average molecular weight is 291 g/mol. The van der Waals surface area contributed by atoms with Crippen molar-refractivity contribution in [2.24, 2.45) is 11.8 Å². The zero-order valence-corrected chi connectivity index (χ0v) is 12.7. The zero-order valence-electron chi connectivity index (χ0n) is 11.8. The number of hydrogen-bond acceptors (Lipinski definition) is 4. The fraction of sp³-hybridized carbons (Fsp3) is 0.923. The van der Waals surface area contributed by atoms with Crippen LogP contribution in [0.4, 0.5) is 0 Å². The third kappa shape index (κ3) is 6.38. The quantitative estimate of drug-likeness (QED) is 0.764. The molecule has 1 rings (SSSR count). The highest BCUT2D eigenvalue weighted by Crippen LogP contribution is 2.22. The predicted molar refractivity (Wildman–Crippen MR) is 74.9 cm³/mol. The van der Waals surface area contributed by atoms with E-state index in [9.17, 15) is 13.2 Å². The van der Waals surface area contributed by atoms with E-state index in [1.54, 1.807) is 0 Å². The molecule has 0 radical (unpaired) electrons. The van der Waals surface area contributed by atoms with Gasteiger partial charge in [-0.25, -0.2) is 8.42 Å². The molecule has 0 bridgehead atoms. The van der Waals surface area contributed by atoms with Gasteiger partial charge in [-0.2, -0.15) is 0 Å². The molecule has 0 aromatic rings. The summed E-state index contributed by atoms with van der Waals surface area (Å²) in [6.07, 6.45) is 1.88. The van der Waals surface area contributed by atoms with Gasteiger partial charge in [0.15, 0.2) is 9.84 Å². The lowest BCUT2D eigenvalue weighted by atomic mass is 9.88. The van der Waals surface area contributed by atoms with Crippen LogP contribution >= 0.6 is 0 Å². The first-order valence-electron chi connectivity index (χ1n) is 6.95. The summed E-state index contributed by atoms with van der Waals surface area (Å²) in [5.41, 5.74) is 0. The molecule has 0 amide bonds. The molecule has 0 aromatic heterocycles. The minimum atomic E-state index is -2.81. The molecular formula is C13H25NO4S. The van der Waals surface area contributed by atoms with Gasteiger partial charge in [-0.1, -0.05) is 13.8 Å². The van der Waals surface area contributed by atoms with Crippen molar-refractivity contribution >= 4 is 15.8 Å². The number of hydrogen-bond donors (Lipinski definition) is 1. The van der Waals surface area contributed by atoms with Gasteiger partial charge in [-0.05, 0) is 31.2 Å². The van der Waals surface area contributed by atoms with Gasteiger partial charge in [0.2, 0.25) is 0 Å². The van der Waals surface area contributed by atoms with E-state index in [-0.39, 0.29) is 17.9 Å². The summed E-state index contributed by atoms with van der Waals surface area (Å²) in [5, 5.41) is 8.74. The lowest BCUT2D eigenvalue weighted by molar-refractivity contribution is -0.137. The molecule has 1 unspecified atom stereocenters. The highest BCUT2D eigenvalue weighted by atomic mass is 32.2. The molecule has 1 heterocycles. The van der Waals surface area contributed by atoms with Crippen molar-refractivity contribution in [2.45, 2.75) is 33.1 Å². The van der Waals surface area contributed by atoms with Crippen molar-refractivity contribution in [2.75, 3.05) is 31.1 Å². The van der Waals surface area contributed by atoms with E-state index in [0.29, 0.717) is 31.3 Å². The maximum Gasteiger partial charge on any atom is 0.303 e. The molecule has 6 heteroatoms. The van der Waals surface area contributed by atoms with E-state index in [1.807, 2.05) is 0 Å². The summed E-state index contributed by atoms with van der Waals surface area (Å²) in [6, 6.07) is 0. The number of aliphatic carboxylic acids is 1. The Bertz CT molecular complexity index is 377. The second-order valence-electron chi connectivity index (χ2n) is 5.72. The highest BCUT2D eigenvalue weighted by Gasteiger charge is 2.23. The van der Waals surface area contributed by atoms with Crippen LogP contribution in [-0.4, -0.2) is 55.5 Å². The maximum atomic E-state index is 11.3.